The summed E-state index contributed by atoms with van der Waals surface area (Å²) < 4.78 is 4.15. The Morgan fingerprint density at radius 2 is 1.12 bits per heavy atom. The summed E-state index contributed by atoms with van der Waals surface area (Å²) >= 11 is 0. The van der Waals surface area contributed by atoms with Crippen LogP contribution < -0.4 is 27.8 Å². The molecular weight excluding hydrogens is 616 g/mol. The summed E-state index contributed by atoms with van der Waals surface area (Å²) in [5.74, 6) is 1.05. The molecule has 7 rings (SSSR count). The lowest BCUT2D eigenvalue weighted by Crippen LogP contribution is -2.33. The van der Waals surface area contributed by atoms with Crippen molar-refractivity contribution in [3.05, 3.63) is 88.2 Å². The topological polar surface area (TPSA) is 113 Å². The van der Waals surface area contributed by atoms with E-state index >= 15 is 0 Å². The Bertz CT molecular complexity index is 2600. The van der Waals surface area contributed by atoms with Crippen LogP contribution in [0, 0.1) is 11.8 Å². The highest BCUT2D eigenvalue weighted by molar-refractivity contribution is 6.25. The number of rotatable bonds is 14. The Morgan fingerprint density at radius 3 is 1.80 bits per heavy atom. The summed E-state index contributed by atoms with van der Waals surface area (Å²) in [5, 5.41) is 3.40. The third-order valence-corrected chi connectivity index (χ3v) is 10.6. The van der Waals surface area contributed by atoms with Gasteiger partial charge in [0, 0.05) is 45.4 Å². The van der Waals surface area contributed by atoms with E-state index < -0.39 is 0 Å². The van der Waals surface area contributed by atoms with E-state index in [2.05, 4.69) is 27.7 Å². The molecule has 0 aliphatic carbocycles. The molecule has 0 aliphatic rings. The monoisotopic (exact) mass is 660 g/mol. The zero-order valence-corrected chi connectivity index (χ0v) is 28.9. The number of fused-ring (bicyclic) bond motifs is 5. The fourth-order valence-corrected chi connectivity index (χ4v) is 7.79. The van der Waals surface area contributed by atoms with Crippen LogP contribution in [0.4, 0.5) is 0 Å². The molecule has 4 heterocycles. The molecule has 0 saturated carbocycles. The Balaban J connectivity index is 1.31. The maximum absolute atomic E-state index is 14.2. The summed E-state index contributed by atoms with van der Waals surface area (Å²) in [4.78, 5) is 73.3. The van der Waals surface area contributed by atoms with Gasteiger partial charge in [0.15, 0.2) is 0 Å². The van der Waals surface area contributed by atoms with Crippen LogP contribution in [0.3, 0.4) is 0 Å². The van der Waals surface area contributed by atoms with Crippen LogP contribution in [-0.2, 0) is 13.1 Å². The molecule has 3 aromatic carbocycles. The van der Waals surface area contributed by atoms with Gasteiger partial charge in [0.25, 0.3) is 27.8 Å². The first-order valence-electron chi connectivity index (χ1n) is 18.1. The second kappa shape index (κ2) is 13.0. The lowest BCUT2D eigenvalue weighted by atomic mass is 9.96. The van der Waals surface area contributed by atoms with Crippen molar-refractivity contribution in [2.45, 2.75) is 105 Å². The van der Waals surface area contributed by atoms with Crippen LogP contribution in [0.2, 0.25) is 0 Å². The van der Waals surface area contributed by atoms with E-state index in [9.17, 15) is 24.0 Å². The molecule has 0 fully saturated rings. The third-order valence-electron chi connectivity index (χ3n) is 10.6. The molecule has 0 saturated heterocycles. The SMILES string of the molecule is CCCCCCCCn1c(=O)c2ccc3c(=O)n4c5cc6c(=O)n(CCC(C)CCCC(C)C)c(=O)c6cc5nc4c4ccc(c1=O)c2c34. The van der Waals surface area contributed by atoms with Crippen molar-refractivity contribution in [1.29, 1.82) is 0 Å². The quantitative estimate of drug-likeness (QED) is 0.0915. The van der Waals surface area contributed by atoms with Crippen LogP contribution in [0.1, 0.15) is 91.9 Å². The Hall–Kier alpha value is -4.66. The molecule has 7 aromatic rings. The maximum Gasteiger partial charge on any atom is 0.264 e. The number of aromatic nitrogens is 4. The number of hydrogen-bond donors (Lipinski definition) is 0. The van der Waals surface area contributed by atoms with Crippen molar-refractivity contribution in [2.75, 3.05) is 0 Å². The van der Waals surface area contributed by atoms with Gasteiger partial charge in [-0.05, 0) is 61.1 Å². The highest BCUT2D eigenvalue weighted by atomic mass is 16.2. The number of nitrogens with zero attached hydrogens (tertiary/aromatic N) is 4. The van der Waals surface area contributed by atoms with Gasteiger partial charge in [-0.1, -0.05) is 79.1 Å². The van der Waals surface area contributed by atoms with Gasteiger partial charge in [-0.15, -0.1) is 0 Å². The van der Waals surface area contributed by atoms with E-state index in [4.69, 9.17) is 4.98 Å². The number of imidazole rings is 1. The first kappa shape index (κ1) is 32.9. The van der Waals surface area contributed by atoms with Crippen LogP contribution in [0.5, 0.6) is 0 Å². The van der Waals surface area contributed by atoms with Gasteiger partial charge >= 0.3 is 0 Å². The van der Waals surface area contributed by atoms with E-state index in [1.54, 1.807) is 36.4 Å². The summed E-state index contributed by atoms with van der Waals surface area (Å²) in [5.41, 5.74) is -0.488. The van der Waals surface area contributed by atoms with E-state index in [0.717, 1.165) is 57.8 Å². The van der Waals surface area contributed by atoms with E-state index in [1.807, 2.05) is 0 Å². The van der Waals surface area contributed by atoms with E-state index in [0.29, 0.717) is 79.3 Å². The molecule has 9 heteroatoms. The first-order chi connectivity index (χ1) is 23.6. The molecule has 0 N–H and O–H groups in total. The van der Waals surface area contributed by atoms with Gasteiger partial charge in [0.1, 0.15) is 5.65 Å². The molecule has 0 aliphatic heterocycles. The van der Waals surface area contributed by atoms with Crippen LogP contribution in [-0.4, -0.2) is 18.5 Å². The Labute approximate surface area is 282 Å². The summed E-state index contributed by atoms with van der Waals surface area (Å²) in [7, 11) is 0. The zero-order chi connectivity index (χ0) is 34.6. The number of hydrogen-bond acceptors (Lipinski definition) is 6. The molecule has 0 radical (unpaired) electrons. The smallest absolute Gasteiger partial charge is 0.264 e. The van der Waals surface area contributed by atoms with Gasteiger partial charge in [-0.25, -0.2) is 4.98 Å². The van der Waals surface area contributed by atoms with Crippen LogP contribution in [0.25, 0.3) is 59.8 Å². The minimum Gasteiger partial charge on any atom is -0.274 e. The molecule has 254 valence electrons. The van der Waals surface area contributed by atoms with E-state index in [-0.39, 0.29) is 33.2 Å². The highest BCUT2D eigenvalue weighted by Gasteiger charge is 2.23. The molecule has 1 unspecified atom stereocenters. The molecule has 0 amide bonds. The van der Waals surface area contributed by atoms with Crippen molar-refractivity contribution in [2.24, 2.45) is 11.8 Å². The summed E-state index contributed by atoms with van der Waals surface area (Å²) in [6.45, 7) is 9.47. The highest BCUT2D eigenvalue weighted by Crippen LogP contribution is 2.34. The van der Waals surface area contributed by atoms with E-state index in [1.165, 1.54) is 20.0 Å². The normalized spacial score (nSPS) is 13.2. The third kappa shape index (κ3) is 5.47. The lowest BCUT2D eigenvalue weighted by molar-refractivity contribution is 0.410. The van der Waals surface area contributed by atoms with Crippen molar-refractivity contribution in [3.8, 4) is 0 Å². The van der Waals surface area contributed by atoms with Crippen LogP contribution >= 0.6 is 0 Å². The zero-order valence-electron chi connectivity index (χ0n) is 28.9. The Morgan fingerprint density at radius 1 is 0.571 bits per heavy atom. The predicted octanol–water partition coefficient (Wildman–Crippen LogP) is 7.03. The molecule has 49 heavy (non-hydrogen) atoms. The van der Waals surface area contributed by atoms with Gasteiger partial charge in [0.05, 0.1) is 21.8 Å². The average molecular weight is 661 g/mol. The molecule has 0 bridgehead atoms. The maximum atomic E-state index is 14.2. The predicted molar refractivity (Wildman–Crippen MR) is 199 cm³/mol. The average Bonchev–Trinajstić information content (AvgIpc) is 3.57. The summed E-state index contributed by atoms with van der Waals surface area (Å²) in [6, 6.07) is 10.1. The van der Waals surface area contributed by atoms with Gasteiger partial charge in [-0.2, -0.15) is 0 Å². The minimum atomic E-state index is -0.355. The lowest BCUT2D eigenvalue weighted by Gasteiger charge is -2.13. The number of unbranched alkanes of at least 4 members (excludes halogenated alkanes) is 5. The van der Waals surface area contributed by atoms with Crippen molar-refractivity contribution in [1.82, 2.24) is 18.5 Å². The van der Waals surface area contributed by atoms with Crippen molar-refractivity contribution < 1.29 is 0 Å². The first-order valence-corrected chi connectivity index (χ1v) is 18.1. The number of pyridine rings is 2. The second-order valence-electron chi connectivity index (χ2n) is 14.5. The largest absolute Gasteiger partial charge is 0.274 e. The fourth-order valence-electron chi connectivity index (χ4n) is 7.79. The summed E-state index contributed by atoms with van der Waals surface area (Å²) in [6.07, 6.45) is 10.4. The van der Waals surface area contributed by atoms with Gasteiger partial charge in [0.2, 0.25) is 0 Å². The van der Waals surface area contributed by atoms with Gasteiger partial charge in [-0.3, -0.25) is 37.5 Å². The van der Waals surface area contributed by atoms with Crippen molar-refractivity contribution in [3.63, 3.8) is 0 Å². The second-order valence-corrected chi connectivity index (χ2v) is 14.5. The van der Waals surface area contributed by atoms with Crippen molar-refractivity contribution >= 4 is 59.8 Å². The molecule has 9 nitrogen and oxygen atoms in total. The molecular formula is C40H44N4O5. The molecule has 4 aromatic heterocycles. The fraction of sp³-hybridized carbons (Fsp3) is 0.450. The van der Waals surface area contributed by atoms with Gasteiger partial charge < -0.3 is 0 Å². The standard InChI is InChI=1S/C40H44N4O5/c1-5-6-7-8-9-10-19-42-36(45)26-15-14-25-33-28(17-16-27(34(26)33)37(42)46)40(49)44-32-22-30-29(21-31(32)41-35(25)44)38(47)43(39(30)48)20-18-24(4)13-11-12-23(2)3/h14-17,21-24H,5-13,18-20H2,1-4H3. The molecule has 1 atom stereocenters. The minimum absolute atomic E-state index is 0.276. The van der Waals surface area contributed by atoms with Crippen LogP contribution in [0.15, 0.2) is 60.4 Å². The number of benzene rings is 3. The Kier molecular flexibility index (Phi) is 8.71. The molecule has 0 spiro atoms.